The van der Waals surface area contributed by atoms with Gasteiger partial charge in [0.25, 0.3) is 10.0 Å². The van der Waals surface area contributed by atoms with Crippen molar-refractivity contribution in [3.05, 3.63) is 41.1 Å². The van der Waals surface area contributed by atoms with E-state index in [0.29, 0.717) is 11.1 Å². The molecule has 0 spiro atoms. The van der Waals surface area contributed by atoms with Gasteiger partial charge in [-0.05, 0) is 25.5 Å². The van der Waals surface area contributed by atoms with Gasteiger partial charge in [0, 0.05) is 25.4 Å². The molecule has 0 fully saturated rings. The summed E-state index contributed by atoms with van der Waals surface area (Å²) in [4.78, 5) is 0.247. The van der Waals surface area contributed by atoms with E-state index in [1.54, 1.807) is 32.3 Å². The first-order chi connectivity index (χ1) is 9.33. The molecule has 0 amide bonds. The molecule has 3 N–H and O–H groups in total. The zero-order valence-corrected chi connectivity index (χ0v) is 12.5. The molecule has 2 aromatic rings. The average molecular weight is 294 g/mol. The van der Waals surface area contributed by atoms with E-state index in [1.807, 2.05) is 13.0 Å². The number of sulfonamides is 1. The van der Waals surface area contributed by atoms with E-state index in [9.17, 15) is 8.42 Å². The fraction of sp³-hybridized carbons (Fsp3) is 0.308. The first kappa shape index (κ1) is 14.5. The molecule has 0 unspecified atom stereocenters. The standard InChI is InChI=1S/C13H18N4O2S/c1-9-4-5-12(10(2)6-9)20(18,19)16-13-11(7-14)8-17(3)15-13/h4-6,8H,7,14H2,1-3H3,(H,15,16). The Hall–Kier alpha value is -1.86. The summed E-state index contributed by atoms with van der Waals surface area (Å²) in [6.45, 7) is 3.91. The van der Waals surface area contributed by atoms with Crippen molar-refractivity contribution in [2.45, 2.75) is 25.3 Å². The van der Waals surface area contributed by atoms with Gasteiger partial charge in [-0.25, -0.2) is 8.42 Å². The van der Waals surface area contributed by atoms with Crippen LogP contribution in [-0.2, 0) is 23.6 Å². The number of nitrogens with zero attached hydrogens (tertiary/aromatic N) is 2. The summed E-state index contributed by atoms with van der Waals surface area (Å²) in [7, 11) is -1.95. The number of aryl methyl sites for hydroxylation is 3. The van der Waals surface area contributed by atoms with Crippen molar-refractivity contribution in [1.29, 1.82) is 0 Å². The molecule has 1 heterocycles. The molecular formula is C13H18N4O2S. The summed E-state index contributed by atoms with van der Waals surface area (Å²) in [5.74, 6) is 0.273. The Balaban J connectivity index is 2.40. The Labute approximate surface area is 118 Å². The molecule has 0 atom stereocenters. The third-order valence-corrected chi connectivity index (χ3v) is 4.47. The van der Waals surface area contributed by atoms with E-state index in [0.717, 1.165) is 5.56 Å². The van der Waals surface area contributed by atoms with Crippen molar-refractivity contribution < 1.29 is 8.42 Å². The summed E-state index contributed by atoms with van der Waals surface area (Å²) >= 11 is 0. The molecule has 0 bridgehead atoms. The topological polar surface area (TPSA) is 90.0 Å². The maximum atomic E-state index is 12.4. The second-order valence-electron chi connectivity index (χ2n) is 4.76. The second kappa shape index (κ2) is 5.26. The summed E-state index contributed by atoms with van der Waals surface area (Å²) in [5.41, 5.74) is 7.95. The van der Waals surface area contributed by atoms with Gasteiger partial charge in [-0.2, -0.15) is 5.10 Å². The lowest BCUT2D eigenvalue weighted by molar-refractivity contribution is 0.600. The molecular weight excluding hydrogens is 276 g/mol. The van der Waals surface area contributed by atoms with Crippen LogP contribution in [0.1, 0.15) is 16.7 Å². The summed E-state index contributed by atoms with van der Waals surface area (Å²) in [6.07, 6.45) is 1.69. The molecule has 0 aliphatic carbocycles. The monoisotopic (exact) mass is 294 g/mol. The normalized spacial score (nSPS) is 11.6. The smallest absolute Gasteiger partial charge is 0.263 e. The van der Waals surface area contributed by atoms with Gasteiger partial charge >= 0.3 is 0 Å². The van der Waals surface area contributed by atoms with Gasteiger partial charge in [-0.3, -0.25) is 9.40 Å². The summed E-state index contributed by atoms with van der Waals surface area (Å²) in [5, 5.41) is 4.09. The maximum Gasteiger partial charge on any atom is 0.263 e. The predicted octanol–water partition coefficient (Wildman–Crippen LogP) is 1.30. The molecule has 0 aliphatic rings. The van der Waals surface area contributed by atoms with Crippen LogP contribution in [-0.4, -0.2) is 18.2 Å². The average Bonchev–Trinajstić information content (AvgIpc) is 2.67. The number of nitrogens with two attached hydrogens (primary N) is 1. The highest BCUT2D eigenvalue weighted by atomic mass is 32.2. The van der Waals surface area contributed by atoms with Crippen molar-refractivity contribution in [1.82, 2.24) is 9.78 Å². The largest absolute Gasteiger partial charge is 0.326 e. The Morgan fingerprint density at radius 1 is 1.35 bits per heavy atom. The van der Waals surface area contributed by atoms with Crippen LogP contribution in [0.2, 0.25) is 0 Å². The second-order valence-corrected chi connectivity index (χ2v) is 6.41. The SMILES string of the molecule is Cc1ccc(S(=O)(=O)Nc2nn(C)cc2CN)c(C)c1. The number of rotatable bonds is 4. The molecule has 0 aliphatic heterocycles. The van der Waals surface area contributed by atoms with Crippen LogP contribution in [0.25, 0.3) is 0 Å². The van der Waals surface area contributed by atoms with Crippen LogP contribution in [0.5, 0.6) is 0 Å². The first-order valence-corrected chi connectivity index (χ1v) is 7.64. The van der Waals surface area contributed by atoms with Crippen LogP contribution in [0.15, 0.2) is 29.3 Å². The van der Waals surface area contributed by atoms with Crippen molar-refractivity contribution in [2.75, 3.05) is 4.72 Å². The predicted molar refractivity (Wildman–Crippen MR) is 77.8 cm³/mol. The van der Waals surface area contributed by atoms with E-state index in [4.69, 9.17) is 5.73 Å². The highest BCUT2D eigenvalue weighted by molar-refractivity contribution is 7.92. The lowest BCUT2D eigenvalue weighted by atomic mass is 10.2. The summed E-state index contributed by atoms with van der Waals surface area (Å²) in [6, 6.07) is 5.19. The van der Waals surface area contributed by atoms with Crippen LogP contribution >= 0.6 is 0 Å². The molecule has 0 saturated carbocycles. The van der Waals surface area contributed by atoms with Crippen LogP contribution < -0.4 is 10.5 Å². The number of hydrogen-bond acceptors (Lipinski definition) is 4. The molecule has 0 radical (unpaired) electrons. The molecule has 2 rings (SSSR count). The number of hydrogen-bond donors (Lipinski definition) is 2. The van der Waals surface area contributed by atoms with E-state index in [-0.39, 0.29) is 17.3 Å². The number of nitrogens with one attached hydrogen (secondary N) is 1. The van der Waals surface area contributed by atoms with E-state index < -0.39 is 10.0 Å². The van der Waals surface area contributed by atoms with Crippen molar-refractivity contribution >= 4 is 15.8 Å². The molecule has 1 aromatic heterocycles. The zero-order chi connectivity index (χ0) is 14.9. The summed E-state index contributed by atoms with van der Waals surface area (Å²) < 4.78 is 28.8. The Morgan fingerprint density at radius 3 is 2.65 bits per heavy atom. The van der Waals surface area contributed by atoms with Crippen molar-refractivity contribution in [3.63, 3.8) is 0 Å². The number of benzene rings is 1. The van der Waals surface area contributed by atoms with Gasteiger partial charge in [0.15, 0.2) is 5.82 Å². The lowest BCUT2D eigenvalue weighted by Gasteiger charge is -2.10. The Kier molecular flexibility index (Phi) is 3.82. The first-order valence-electron chi connectivity index (χ1n) is 6.16. The van der Waals surface area contributed by atoms with Crippen LogP contribution in [0, 0.1) is 13.8 Å². The maximum absolute atomic E-state index is 12.4. The van der Waals surface area contributed by atoms with Crippen LogP contribution in [0.3, 0.4) is 0 Å². The highest BCUT2D eigenvalue weighted by Crippen LogP contribution is 2.21. The van der Waals surface area contributed by atoms with Gasteiger partial charge in [0.2, 0.25) is 0 Å². The van der Waals surface area contributed by atoms with Gasteiger partial charge in [0.1, 0.15) is 0 Å². The molecule has 6 nitrogen and oxygen atoms in total. The third kappa shape index (κ3) is 2.83. The minimum Gasteiger partial charge on any atom is -0.326 e. The third-order valence-electron chi connectivity index (χ3n) is 2.98. The Bertz CT molecular complexity index is 735. The number of anilines is 1. The lowest BCUT2D eigenvalue weighted by Crippen LogP contribution is -2.16. The van der Waals surface area contributed by atoms with Crippen molar-refractivity contribution in [3.8, 4) is 0 Å². The fourth-order valence-corrected chi connectivity index (χ4v) is 3.32. The quantitative estimate of drug-likeness (QED) is 0.889. The van der Waals surface area contributed by atoms with Crippen molar-refractivity contribution in [2.24, 2.45) is 12.8 Å². The Morgan fingerprint density at radius 2 is 2.05 bits per heavy atom. The molecule has 1 aromatic carbocycles. The molecule has 0 saturated heterocycles. The minimum atomic E-state index is -3.66. The van der Waals surface area contributed by atoms with Gasteiger partial charge in [0.05, 0.1) is 4.90 Å². The molecule has 108 valence electrons. The highest BCUT2D eigenvalue weighted by Gasteiger charge is 2.19. The van der Waals surface area contributed by atoms with Gasteiger partial charge in [-0.15, -0.1) is 0 Å². The van der Waals surface area contributed by atoms with E-state index >= 15 is 0 Å². The van der Waals surface area contributed by atoms with Gasteiger partial charge in [-0.1, -0.05) is 17.7 Å². The van der Waals surface area contributed by atoms with Gasteiger partial charge < -0.3 is 5.73 Å². The molecule has 7 heteroatoms. The van der Waals surface area contributed by atoms with E-state index in [2.05, 4.69) is 9.82 Å². The number of aromatic nitrogens is 2. The molecule has 20 heavy (non-hydrogen) atoms. The fourth-order valence-electron chi connectivity index (χ4n) is 2.06. The van der Waals surface area contributed by atoms with Crippen LogP contribution in [0.4, 0.5) is 5.82 Å². The zero-order valence-electron chi connectivity index (χ0n) is 11.7. The van der Waals surface area contributed by atoms with E-state index in [1.165, 1.54) is 4.68 Å². The minimum absolute atomic E-state index is 0.221.